The molecular formula is C17H17N3O4S. The molecule has 0 atom stereocenters. The van der Waals surface area contributed by atoms with E-state index < -0.39 is 10.0 Å². The molecular weight excluding hydrogens is 342 g/mol. The van der Waals surface area contributed by atoms with E-state index in [0.29, 0.717) is 10.8 Å². The number of hydrogen-bond donors (Lipinski definition) is 3. The average Bonchev–Trinajstić information content (AvgIpc) is 2.53. The molecule has 8 heteroatoms. The third-order valence-electron chi connectivity index (χ3n) is 3.75. The Morgan fingerprint density at radius 3 is 2.28 bits per heavy atom. The van der Waals surface area contributed by atoms with Gasteiger partial charge in [0.05, 0.1) is 16.3 Å². The van der Waals surface area contributed by atoms with Gasteiger partial charge in [-0.05, 0) is 26.0 Å². The fourth-order valence-corrected chi connectivity index (χ4v) is 3.50. The van der Waals surface area contributed by atoms with Gasteiger partial charge in [-0.1, -0.05) is 24.3 Å². The molecule has 0 aliphatic rings. The molecule has 0 heterocycles. The lowest BCUT2D eigenvalue weighted by atomic mass is 9.99. The van der Waals surface area contributed by atoms with Crippen LogP contribution in [0.3, 0.4) is 0 Å². The number of phenols is 2. The summed E-state index contributed by atoms with van der Waals surface area (Å²) in [6.45, 7) is 3.67. The summed E-state index contributed by atoms with van der Waals surface area (Å²) in [5.74, 6) is -0.373. The molecule has 130 valence electrons. The summed E-state index contributed by atoms with van der Waals surface area (Å²) >= 11 is 0. The molecule has 0 aliphatic heterocycles. The van der Waals surface area contributed by atoms with Crippen LogP contribution in [0, 0.1) is 0 Å². The molecule has 0 bridgehead atoms. The Labute approximate surface area is 144 Å². The topological polar surface area (TPSA) is 125 Å². The van der Waals surface area contributed by atoms with Gasteiger partial charge in [-0.15, -0.1) is 0 Å². The zero-order chi connectivity index (χ0) is 18.4. The highest BCUT2D eigenvalue weighted by Gasteiger charge is 2.22. The first-order valence-electron chi connectivity index (χ1n) is 7.54. The first-order chi connectivity index (χ1) is 11.7. The fraction of sp³-hybridized carbons (Fsp3) is 0.176. The standard InChI is InChI=1S/C17H17N3O4S/c1-9(2)19-20-16-10-5-4-8-13(25(18,23)24)15(10)17(22)11-6-3-7-12(21)14(11)16/h3-9,21-22H,1-2H3,(H2,18,23,24). The lowest BCUT2D eigenvalue weighted by Gasteiger charge is -2.13. The second kappa shape index (κ2) is 5.98. The van der Waals surface area contributed by atoms with Gasteiger partial charge in [0, 0.05) is 16.2 Å². The monoisotopic (exact) mass is 359 g/mol. The highest BCUT2D eigenvalue weighted by atomic mass is 32.2. The first kappa shape index (κ1) is 17.1. The largest absolute Gasteiger partial charge is 0.507 e. The molecule has 0 saturated carbocycles. The number of rotatable bonds is 3. The number of hydrogen-bond acceptors (Lipinski definition) is 6. The summed E-state index contributed by atoms with van der Waals surface area (Å²) < 4.78 is 23.9. The molecule has 0 radical (unpaired) electrons. The summed E-state index contributed by atoms with van der Waals surface area (Å²) in [5, 5.41) is 35.5. The number of nitrogens with two attached hydrogens (primary N) is 1. The maximum absolute atomic E-state index is 11.9. The Morgan fingerprint density at radius 1 is 1.00 bits per heavy atom. The summed E-state index contributed by atoms with van der Waals surface area (Å²) in [5.41, 5.74) is 0.278. The van der Waals surface area contributed by atoms with Gasteiger partial charge >= 0.3 is 0 Å². The molecule has 0 fully saturated rings. The first-order valence-corrected chi connectivity index (χ1v) is 9.09. The Hall–Kier alpha value is -2.71. The summed E-state index contributed by atoms with van der Waals surface area (Å²) in [6, 6.07) is 8.89. The van der Waals surface area contributed by atoms with E-state index in [9.17, 15) is 18.6 Å². The number of fused-ring (bicyclic) bond motifs is 2. The molecule has 3 rings (SSSR count). The summed E-state index contributed by atoms with van der Waals surface area (Å²) in [7, 11) is -4.07. The number of phenolic OH excluding ortho intramolecular Hbond substituents is 2. The van der Waals surface area contributed by atoms with E-state index >= 15 is 0 Å². The van der Waals surface area contributed by atoms with Gasteiger partial charge in [0.2, 0.25) is 10.0 Å². The number of aromatic hydroxyl groups is 2. The van der Waals surface area contributed by atoms with Gasteiger partial charge in [0.15, 0.2) is 0 Å². The summed E-state index contributed by atoms with van der Waals surface area (Å²) in [6.07, 6.45) is 0. The normalized spacial score (nSPS) is 12.6. The molecule has 3 aromatic carbocycles. The molecule has 7 nitrogen and oxygen atoms in total. The Kier molecular flexibility index (Phi) is 4.09. The van der Waals surface area contributed by atoms with E-state index in [0.717, 1.165) is 0 Å². The lowest BCUT2D eigenvalue weighted by Crippen LogP contribution is -2.12. The Bertz CT molecular complexity index is 1120. The van der Waals surface area contributed by atoms with Crippen molar-refractivity contribution < 1.29 is 18.6 Å². The van der Waals surface area contributed by atoms with Gasteiger partial charge < -0.3 is 10.2 Å². The molecule has 4 N–H and O–H groups in total. The predicted octanol–water partition coefficient (Wildman–Crippen LogP) is 3.54. The van der Waals surface area contributed by atoms with Crippen molar-refractivity contribution in [2.75, 3.05) is 0 Å². The molecule has 0 aromatic heterocycles. The predicted molar refractivity (Wildman–Crippen MR) is 95.8 cm³/mol. The smallest absolute Gasteiger partial charge is 0.238 e. The van der Waals surface area contributed by atoms with Crippen molar-refractivity contribution >= 4 is 37.3 Å². The van der Waals surface area contributed by atoms with Crippen molar-refractivity contribution in [2.24, 2.45) is 15.4 Å². The maximum atomic E-state index is 11.9. The van der Waals surface area contributed by atoms with Crippen LogP contribution in [0.1, 0.15) is 13.8 Å². The van der Waals surface area contributed by atoms with E-state index in [1.54, 1.807) is 18.2 Å². The molecule has 3 aromatic rings. The SMILES string of the molecule is CC(C)N=Nc1c2cccc(S(N)(=O)=O)c2c(O)c2cccc(O)c12. The van der Waals surface area contributed by atoms with E-state index in [2.05, 4.69) is 10.2 Å². The van der Waals surface area contributed by atoms with Crippen LogP contribution in [0.25, 0.3) is 21.5 Å². The van der Waals surface area contributed by atoms with Crippen molar-refractivity contribution in [3.05, 3.63) is 36.4 Å². The zero-order valence-corrected chi connectivity index (χ0v) is 14.4. The maximum Gasteiger partial charge on any atom is 0.238 e. The van der Waals surface area contributed by atoms with Gasteiger partial charge in [-0.3, -0.25) is 0 Å². The minimum Gasteiger partial charge on any atom is -0.507 e. The van der Waals surface area contributed by atoms with E-state index in [1.807, 2.05) is 13.8 Å². The lowest BCUT2D eigenvalue weighted by molar-refractivity contribution is 0.478. The average molecular weight is 359 g/mol. The van der Waals surface area contributed by atoms with Crippen LogP contribution in [0.4, 0.5) is 5.69 Å². The van der Waals surface area contributed by atoms with Crippen molar-refractivity contribution in [2.45, 2.75) is 24.8 Å². The van der Waals surface area contributed by atoms with Gasteiger partial charge in [-0.2, -0.15) is 10.2 Å². The number of sulfonamides is 1. The van der Waals surface area contributed by atoms with Crippen molar-refractivity contribution in [1.29, 1.82) is 0 Å². The van der Waals surface area contributed by atoms with Crippen molar-refractivity contribution in [1.82, 2.24) is 0 Å². The molecule has 0 saturated heterocycles. The number of nitrogens with zero attached hydrogens (tertiary/aromatic N) is 2. The molecule has 25 heavy (non-hydrogen) atoms. The molecule has 0 amide bonds. The van der Waals surface area contributed by atoms with E-state index in [4.69, 9.17) is 5.14 Å². The molecule has 0 spiro atoms. The van der Waals surface area contributed by atoms with Gasteiger partial charge in [0.1, 0.15) is 17.2 Å². The van der Waals surface area contributed by atoms with E-state index in [-0.39, 0.29) is 38.9 Å². The minimum absolute atomic E-state index is 0.0563. The van der Waals surface area contributed by atoms with Crippen LogP contribution >= 0.6 is 0 Å². The second-order valence-electron chi connectivity index (χ2n) is 5.93. The molecule has 0 unspecified atom stereocenters. The quantitative estimate of drug-likeness (QED) is 0.488. The zero-order valence-electron chi connectivity index (χ0n) is 13.6. The number of azo groups is 1. The van der Waals surface area contributed by atoms with Crippen LogP contribution in [-0.4, -0.2) is 24.7 Å². The van der Waals surface area contributed by atoms with Gasteiger partial charge in [-0.25, -0.2) is 13.6 Å². The van der Waals surface area contributed by atoms with Crippen LogP contribution in [0.2, 0.25) is 0 Å². The Morgan fingerprint density at radius 2 is 1.64 bits per heavy atom. The van der Waals surface area contributed by atoms with Crippen LogP contribution in [0.5, 0.6) is 11.5 Å². The highest BCUT2D eigenvalue weighted by Crippen LogP contribution is 2.47. The second-order valence-corrected chi connectivity index (χ2v) is 7.46. The Balaban J connectivity index is 2.63. The third-order valence-corrected chi connectivity index (χ3v) is 4.70. The fourth-order valence-electron chi connectivity index (χ4n) is 2.74. The van der Waals surface area contributed by atoms with Crippen LogP contribution in [0.15, 0.2) is 51.5 Å². The molecule has 0 aliphatic carbocycles. The third kappa shape index (κ3) is 2.90. The van der Waals surface area contributed by atoms with Gasteiger partial charge in [0.25, 0.3) is 0 Å². The van der Waals surface area contributed by atoms with Crippen molar-refractivity contribution in [3.8, 4) is 11.5 Å². The number of primary sulfonamides is 1. The number of benzene rings is 3. The minimum atomic E-state index is -4.07. The highest BCUT2D eigenvalue weighted by molar-refractivity contribution is 7.89. The summed E-state index contributed by atoms with van der Waals surface area (Å²) in [4.78, 5) is -0.214. The van der Waals surface area contributed by atoms with Crippen molar-refractivity contribution in [3.63, 3.8) is 0 Å². The van der Waals surface area contributed by atoms with Crippen LogP contribution < -0.4 is 5.14 Å². The van der Waals surface area contributed by atoms with E-state index in [1.165, 1.54) is 18.2 Å². The van der Waals surface area contributed by atoms with Crippen LogP contribution in [-0.2, 0) is 10.0 Å².